The average Bonchev–Trinajstić information content (AvgIpc) is 2.65. The van der Waals surface area contributed by atoms with E-state index in [1.807, 2.05) is 32.0 Å². The highest BCUT2D eigenvalue weighted by atomic mass is 32.2. The number of anilines is 1. The predicted octanol–water partition coefficient (Wildman–Crippen LogP) is 3.12. The molecule has 2 aromatic carbocycles. The summed E-state index contributed by atoms with van der Waals surface area (Å²) in [6.07, 6.45) is 1.70. The molecule has 0 saturated heterocycles. The van der Waals surface area contributed by atoms with Gasteiger partial charge >= 0.3 is 0 Å². The highest BCUT2D eigenvalue weighted by molar-refractivity contribution is 7.92. The first-order valence-corrected chi connectivity index (χ1v) is 11.1. The molecule has 0 saturated carbocycles. The normalized spacial score (nSPS) is 17.6. The number of methoxy groups -OCH3 is 1. The van der Waals surface area contributed by atoms with Crippen molar-refractivity contribution in [3.8, 4) is 11.5 Å². The molecule has 1 aliphatic heterocycles. The monoisotopic (exact) mass is 418 g/mol. The fourth-order valence-corrected chi connectivity index (χ4v) is 3.86. The van der Waals surface area contributed by atoms with Gasteiger partial charge in [0.1, 0.15) is 17.1 Å². The Balaban J connectivity index is 1.89. The van der Waals surface area contributed by atoms with Crippen LogP contribution in [0.2, 0.25) is 0 Å². The quantitative estimate of drug-likeness (QED) is 0.806. The second-order valence-corrected chi connectivity index (χ2v) is 9.79. The number of rotatable bonds is 5. The van der Waals surface area contributed by atoms with Crippen LogP contribution < -0.4 is 19.1 Å². The van der Waals surface area contributed by atoms with E-state index in [1.165, 1.54) is 7.05 Å². The Morgan fingerprint density at radius 1 is 1.24 bits per heavy atom. The minimum atomic E-state index is -3.42. The maximum absolute atomic E-state index is 13.0. The van der Waals surface area contributed by atoms with Gasteiger partial charge < -0.3 is 14.8 Å². The van der Waals surface area contributed by atoms with Gasteiger partial charge in [-0.15, -0.1) is 0 Å². The molecule has 0 unspecified atom stereocenters. The smallest absolute Gasteiger partial charge is 0.251 e. The Labute approximate surface area is 171 Å². The average molecular weight is 419 g/mol. The molecule has 7 nitrogen and oxygen atoms in total. The number of ether oxygens (including phenoxy) is 2. The molecular weight excluding hydrogens is 392 g/mol. The molecule has 2 aromatic rings. The van der Waals surface area contributed by atoms with Gasteiger partial charge in [0.15, 0.2) is 0 Å². The maximum Gasteiger partial charge on any atom is 0.251 e. The van der Waals surface area contributed by atoms with E-state index in [4.69, 9.17) is 9.47 Å². The zero-order valence-electron chi connectivity index (χ0n) is 17.2. The van der Waals surface area contributed by atoms with Gasteiger partial charge in [0.05, 0.1) is 25.1 Å². The van der Waals surface area contributed by atoms with Gasteiger partial charge in [-0.05, 0) is 50.2 Å². The van der Waals surface area contributed by atoms with E-state index in [2.05, 4.69) is 5.32 Å². The largest absolute Gasteiger partial charge is 0.497 e. The van der Waals surface area contributed by atoms with E-state index >= 15 is 0 Å². The van der Waals surface area contributed by atoms with Crippen molar-refractivity contribution in [3.05, 3.63) is 53.6 Å². The lowest BCUT2D eigenvalue weighted by Crippen LogP contribution is -2.41. The Bertz CT molecular complexity index is 1030. The molecule has 1 atom stereocenters. The van der Waals surface area contributed by atoms with Crippen LogP contribution in [0.1, 0.15) is 42.2 Å². The van der Waals surface area contributed by atoms with Gasteiger partial charge in [-0.25, -0.2) is 8.42 Å². The molecule has 0 bridgehead atoms. The molecule has 0 aliphatic carbocycles. The molecule has 1 aliphatic rings. The summed E-state index contributed by atoms with van der Waals surface area (Å²) in [4.78, 5) is 13.0. The van der Waals surface area contributed by atoms with Crippen LogP contribution in [0.5, 0.6) is 11.5 Å². The summed E-state index contributed by atoms with van der Waals surface area (Å²) in [5, 5.41) is 3.06. The predicted molar refractivity (Wildman–Crippen MR) is 112 cm³/mol. The third-order valence-corrected chi connectivity index (χ3v) is 6.15. The van der Waals surface area contributed by atoms with Crippen LogP contribution in [-0.2, 0) is 10.0 Å². The lowest BCUT2D eigenvalue weighted by atomic mass is 9.89. The summed E-state index contributed by atoms with van der Waals surface area (Å²) in [6, 6.07) is 11.8. The number of fused-ring (bicyclic) bond motifs is 1. The van der Waals surface area contributed by atoms with Crippen LogP contribution in [0.3, 0.4) is 0 Å². The lowest BCUT2D eigenvalue weighted by molar-refractivity contribution is 0.0618. The van der Waals surface area contributed by atoms with E-state index in [1.54, 1.807) is 31.4 Å². The summed E-state index contributed by atoms with van der Waals surface area (Å²) in [5.74, 6) is 1.10. The fourth-order valence-electron chi connectivity index (χ4n) is 3.36. The van der Waals surface area contributed by atoms with E-state index in [0.29, 0.717) is 29.2 Å². The first-order valence-electron chi connectivity index (χ1n) is 9.22. The van der Waals surface area contributed by atoms with Crippen molar-refractivity contribution in [1.82, 2.24) is 5.32 Å². The summed E-state index contributed by atoms with van der Waals surface area (Å²) in [5.41, 5.74) is 1.21. The molecule has 0 aromatic heterocycles. The first-order chi connectivity index (χ1) is 13.5. The second-order valence-electron chi connectivity index (χ2n) is 7.78. The number of carbonyl (C=O) groups excluding carboxylic acids is 1. The molecule has 156 valence electrons. The fraction of sp³-hybridized carbons (Fsp3) is 0.381. The highest BCUT2D eigenvalue weighted by Gasteiger charge is 2.35. The standard InChI is InChI=1S/C21H26N2O5S/c1-21(2)13-18(17-12-16(27-4)9-10-19(17)28-21)22-20(24)14-7-6-8-15(11-14)23(3)29(5,25)26/h6-12,18H,13H2,1-5H3,(H,22,24)/t18-/m1/s1. The molecule has 8 heteroatoms. The van der Waals surface area contributed by atoms with Gasteiger partial charge in [-0.2, -0.15) is 0 Å². The molecular formula is C21H26N2O5S. The summed E-state index contributed by atoms with van der Waals surface area (Å²) in [6.45, 7) is 3.95. The van der Waals surface area contributed by atoms with E-state index in [-0.39, 0.29) is 11.9 Å². The van der Waals surface area contributed by atoms with E-state index < -0.39 is 15.6 Å². The van der Waals surface area contributed by atoms with Crippen molar-refractivity contribution in [3.63, 3.8) is 0 Å². The van der Waals surface area contributed by atoms with Gasteiger partial charge in [0, 0.05) is 24.6 Å². The van der Waals surface area contributed by atoms with Gasteiger partial charge in [-0.3, -0.25) is 9.10 Å². The van der Waals surface area contributed by atoms with E-state index in [0.717, 1.165) is 16.1 Å². The first kappa shape index (κ1) is 21.0. The lowest BCUT2D eigenvalue weighted by Gasteiger charge is -2.38. The van der Waals surface area contributed by atoms with Gasteiger partial charge in [-0.1, -0.05) is 6.07 Å². The van der Waals surface area contributed by atoms with Crippen molar-refractivity contribution >= 4 is 21.6 Å². The molecule has 0 spiro atoms. The number of hydrogen-bond acceptors (Lipinski definition) is 5. The zero-order valence-corrected chi connectivity index (χ0v) is 18.0. The van der Waals surface area contributed by atoms with Crippen molar-refractivity contribution in [1.29, 1.82) is 0 Å². The van der Waals surface area contributed by atoms with Gasteiger partial charge in [0.25, 0.3) is 5.91 Å². The number of nitrogens with one attached hydrogen (secondary N) is 1. The Kier molecular flexibility index (Phi) is 5.49. The third kappa shape index (κ3) is 4.64. The minimum absolute atomic E-state index is 0.271. The number of nitrogens with zero attached hydrogens (tertiary/aromatic N) is 1. The Morgan fingerprint density at radius 3 is 2.62 bits per heavy atom. The van der Waals surface area contributed by atoms with Crippen LogP contribution in [0.15, 0.2) is 42.5 Å². The molecule has 1 N–H and O–H groups in total. The maximum atomic E-state index is 13.0. The third-order valence-electron chi connectivity index (χ3n) is 4.95. The van der Waals surface area contributed by atoms with Crippen molar-refractivity contribution in [2.24, 2.45) is 0 Å². The summed E-state index contributed by atoms with van der Waals surface area (Å²) < 4.78 is 36.1. The van der Waals surface area contributed by atoms with Gasteiger partial charge in [0.2, 0.25) is 10.0 Å². The summed E-state index contributed by atoms with van der Waals surface area (Å²) in [7, 11) is -0.373. The van der Waals surface area contributed by atoms with Crippen LogP contribution >= 0.6 is 0 Å². The molecule has 0 radical (unpaired) electrons. The molecule has 3 rings (SSSR count). The van der Waals surface area contributed by atoms with Crippen molar-refractivity contribution in [2.45, 2.75) is 31.9 Å². The topological polar surface area (TPSA) is 84.9 Å². The molecule has 1 heterocycles. The van der Waals surface area contributed by atoms with Crippen LogP contribution in [0.4, 0.5) is 5.69 Å². The molecule has 1 amide bonds. The van der Waals surface area contributed by atoms with Crippen molar-refractivity contribution in [2.75, 3.05) is 24.7 Å². The van der Waals surface area contributed by atoms with Crippen molar-refractivity contribution < 1.29 is 22.7 Å². The number of hydrogen-bond donors (Lipinski definition) is 1. The second kappa shape index (κ2) is 7.59. The number of carbonyl (C=O) groups is 1. The SMILES string of the molecule is COc1ccc2c(c1)[C@H](NC(=O)c1cccc(N(C)S(C)(=O)=O)c1)CC(C)(C)O2. The Morgan fingerprint density at radius 2 is 1.97 bits per heavy atom. The number of sulfonamides is 1. The number of amides is 1. The van der Waals surface area contributed by atoms with Crippen LogP contribution in [-0.4, -0.2) is 40.3 Å². The molecule has 29 heavy (non-hydrogen) atoms. The Hall–Kier alpha value is -2.74. The van der Waals surface area contributed by atoms with E-state index in [9.17, 15) is 13.2 Å². The minimum Gasteiger partial charge on any atom is -0.497 e. The highest BCUT2D eigenvalue weighted by Crippen LogP contribution is 2.41. The molecule has 0 fully saturated rings. The van der Waals surface area contributed by atoms with Crippen LogP contribution in [0, 0.1) is 0 Å². The number of benzene rings is 2. The summed E-state index contributed by atoms with van der Waals surface area (Å²) >= 11 is 0. The van der Waals surface area contributed by atoms with Crippen LogP contribution in [0.25, 0.3) is 0 Å². The zero-order chi connectivity index (χ0) is 21.4.